The zero-order valence-electron chi connectivity index (χ0n) is 14.6. The molecule has 3 aliphatic rings. The molecule has 0 aromatic carbocycles. The number of hydrogen-bond acceptors (Lipinski definition) is 5. The minimum atomic E-state index is 0.176. The molecule has 0 saturated carbocycles. The Balaban J connectivity index is 1.61. The third-order valence-electron chi connectivity index (χ3n) is 5.10. The number of nitrogens with zero attached hydrogens (tertiary/aromatic N) is 6. The monoisotopic (exact) mass is 320 g/mol. The van der Waals surface area contributed by atoms with Gasteiger partial charge in [0, 0.05) is 39.4 Å². The molecule has 1 aromatic rings. The molecule has 7 nitrogen and oxygen atoms in total. The molecule has 3 fully saturated rings. The molecule has 7 heteroatoms. The SMILES string of the molecule is CN(C)Cc1cn(C[C@H]2C[C@@H]3CCN2C[C@@H]3C(=O)N(C)C)nn1. The second kappa shape index (κ2) is 6.57. The van der Waals surface area contributed by atoms with Gasteiger partial charge in [0.1, 0.15) is 0 Å². The Bertz CT molecular complexity index is 555. The zero-order chi connectivity index (χ0) is 16.6. The van der Waals surface area contributed by atoms with Crippen molar-refractivity contribution in [1.82, 2.24) is 29.7 Å². The third-order valence-corrected chi connectivity index (χ3v) is 5.10. The first kappa shape index (κ1) is 16.4. The average Bonchev–Trinajstić information content (AvgIpc) is 2.93. The van der Waals surface area contributed by atoms with E-state index in [4.69, 9.17) is 0 Å². The molecule has 0 N–H and O–H groups in total. The number of rotatable bonds is 5. The molecule has 128 valence electrons. The van der Waals surface area contributed by atoms with Crippen LogP contribution in [0.1, 0.15) is 18.5 Å². The predicted octanol–water partition coefficient (Wildman–Crippen LogP) is 0.138. The molecule has 3 aliphatic heterocycles. The number of piperidine rings is 3. The van der Waals surface area contributed by atoms with E-state index in [1.807, 2.05) is 39.1 Å². The maximum atomic E-state index is 12.3. The van der Waals surface area contributed by atoms with Crippen LogP contribution in [0.4, 0.5) is 0 Å². The Kier molecular flexibility index (Phi) is 4.68. The molecular formula is C16H28N6O. The fourth-order valence-electron chi connectivity index (χ4n) is 3.98. The third kappa shape index (κ3) is 3.55. The molecule has 0 radical (unpaired) electrons. The highest BCUT2D eigenvalue weighted by atomic mass is 16.2. The van der Waals surface area contributed by atoms with E-state index < -0.39 is 0 Å². The van der Waals surface area contributed by atoms with Crippen LogP contribution >= 0.6 is 0 Å². The van der Waals surface area contributed by atoms with Gasteiger partial charge in [-0.25, -0.2) is 0 Å². The highest BCUT2D eigenvalue weighted by Gasteiger charge is 2.43. The summed E-state index contributed by atoms with van der Waals surface area (Å²) in [7, 11) is 7.79. The van der Waals surface area contributed by atoms with Gasteiger partial charge in [0.15, 0.2) is 0 Å². The van der Waals surface area contributed by atoms with E-state index in [-0.39, 0.29) is 11.8 Å². The van der Waals surface area contributed by atoms with Crippen molar-refractivity contribution in [3.63, 3.8) is 0 Å². The molecule has 23 heavy (non-hydrogen) atoms. The summed E-state index contributed by atoms with van der Waals surface area (Å²) in [5.41, 5.74) is 1.01. The molecule has 2 bridgehead atoms. The van der Waals surface area contributed by atoms with E-state index >= 15 is 0 Å². The van der Waals surface area contributed by atoms with Crippen LogP contribution in [-0.2, 0) is 17.9 Å². The van der Waals surface area contributed by atoms with Gasteiger partial charge in [0.05, 0.1) is 18.2 Å². The Morgan fingerprint density at radius 2 is 2.13 bits per heavy atom. The molecule has 1 aromatic heterocycles. The lowest BCUT2D eigenvalue weighted by molar-refractivity contribution is -0.141. The van der Waals surface area contributed by atoms with Gasteiger partial charge in [0.25, 0.3) is 0 Å². The largest absolute Gasteiger partial charge is 0.349 e. The van der Waals surface area contributed by atoms with Gasteiger partial charge >= 0.3 is 0 Å². The topological polar surface area (TPSA) is 57.5 Å². The summed E-state index contributed by atoms with van der Waals surface area (Å²) in [5.74, 6) is 0.979. The first-order valence-corrected chi connectivity index (χ1v) is 8.43. The number of carbonyl (C=O) groups excluding carboxylic acids is 1. The fourth-order valence-corrected chi connectivity index (χ4v) is 3.98. The zero-order valence-corrected chi connectivity index (χ0v) is 14.6. The maximum absolute atomic E-state index is 12.3. The van der Waals surface area contributed by atoms with Gasteiger partial charge in [-0.3, -0.25) is 14.4 Å². The quantitative estimate of drug-likeness (QED) is 0.772. The summed E-state index contributed by atoms with van der Waals surface area (Å²) in [4.78, 5) is 18.6. The van der Waals surface area contributed by atoms with Crippen LogP contribution in [0.2, 0.25) is 0 Å². The molecule has 4 atom stereocenters. The normalized spacial score (nSPS) is 30.0. The van der Waals surface area contributed by atoms with Gasteiger partial charge in [-0.2, -0.15) is 0 Å². The van der Waals surface area contributed by atoms with Crippen LogP contribution < -0.4 is 0 Å². The van der Waals surface area contributed by atoms with Gasteiger partial charge < -0.3 is 9.80 Å². The van der Waals surface area contributed by atoms with Crippen molar-refractivity contribution in [2.45, 2.75) is 32.0 Å². The van der Waals surface area contributed by atoms with Crippen molar-refractivity contribution in [2.24, 2.45) is 11.8 Å². The Morgan fingerprint density at radius 1 is 1.35 bits per heavy atom. The highest BCUT2D eigenvalue weighted by molar-refractivity contribution is 5.79. The van der Waals surface area contributed by atoms with Crippen LogP contribution in [0.25, 0.3) is 0 Å². The van der Waals surface area contributed by atoms with E-state index in [0.29, 0.717) is 12.0 Å². The number of aromatic nitrogens is 3. The summed E-state index contributed by atoms with van der Waals surface area (Å²) >= 11 is 0. The van der Waals surface area contributed by atoms with E-state index in [0.717, 1.165) is 44.7 Å². The van der Waals surface area contributed by atoms with Crippen LogP contribution in [-0.4, -0.2) is 82.9 Å². The Hall–Kier alpha value is -1.47. The summed E-state index contributed by atoms with van der Waals surface area (Å²) in [6.45, 7) is 3.69. The molecular weight excluding hydrogens is 292 g/mol. The van der Waals surface area contributed by atoms with Crippen LogP contribution in [0.15, 0.2) is 6.20 Å². The average molecular weight is 320 g/mol. The number of amides is 1. The molecule has 0 spiro atoms. The number of hydrogen-bond donors (Lipinski definition) is 0. The Labute approximate surface area is 138 Å². The minimum Gasteiger partial charge on any atom is -0.349 e. The second-order valence-corrected chi connectivity index (χ2v) is 7.44. The number of carbonyl (C=O) groups is 1. The van der Waals surface area contributed by atoms with Crippen molar-refractivity contribution in [3.05, 3.63) is 11.9 Å². The number of fused-ring (bicyclic) bond motifs is 3. The molecule has 1 unspecified atom stereocenters. The molecule has 3 saturated heterocycles. The van der Waals surface area contributed by atoms with Crippen molar-refractivity contribution in [1.29, 1.82) is 0 Å². The van der Waals surface area contributed by atoms with Crippen molar-refractivity contribution >= 4 is 5.91 Å². The van der Waals surface area contributed by atoms with Crippen molar-refractivity contribution < 1.29 is 4.79 Å². The first-order valence-electron chi connectivity index (χ1n) is 8.43. The summed E-state index contributed by atoms with van der Waals surface area (Å²) in [6, 6.07) is 0.480. The minimum absolute atomic E-state index is 0.176. The van der Waals surface area contributed by atoms with E-state index in [9.17, 15) is 4.79 Å². The van der Waals surface area contributed by atoms with Crippen molar-refractivity contribution in [2.75, 3.05) is 41.3 Å². The summed E-state index contributed by atoms with van der Waals surface area (Å²) in [5, 5.41) is 8.51. The molecule has 4 rings (SSSR count). The fraction of sp³-hybridized carbons (Fsp3) is 0.812. The highest BCUT2D eigenvalue weighted by Crippen LogP contribution is 2.37. The molecule has 4 heterocycles. The van der Waals surface area contributed by atoms with Gasteiger partial charge in [-0.1, -0.05) is 5.21 Å². The van der Waals surface area contributed by atoms with E-state index in [1.165, 1.54) is 0 Å². The smallest absolute Gasteiger partial charge is 0.226 e. The lowest BCUT2D eigenvalue weighted by Crippen LogP contribution is -2.57. The van der Waals surface area contributed by atoms with Gasteiger partial charge in [-0.05, 0) is 39.4 Å². The molecule has 0 aliphatic carbocycles. The second-order valence-electron chi connectivity index (χ2n) is 7.44. The van der Waals surface area contributed by atoms with Crippen molar-refractivity contribution in [3.8, 4) is 0 Å². The molecule has 1 amide bonds. The van der Waals surface area contributed by atoms with Crippen LogP contribution in [0.5, 0.6) is 0 Å². The standard InChI is InChI=1S/C16H28N6O/c1-19(2)8-13-9-22(18-17-13)10-14-7-12-5-6-21(14)11-15(12)16(23)20(3)4/h9,12,14-15H,5-8,10-11H2,1-4H3/t12-,14+,15-/m0/s1. The van der Waals surface area contributed by atoms with E-state index in [2.05, 4.69) is 20.1 Å². The van der Waals surface area contributed by atoms with Gasteiger partial charge in [0.2, 0.25) is 5.91 Å². The first-order chi connectivity index (χ1) is 10.9. The maximum Gasteiger partial charge on any atom is 0.226 e. The predicted molar refractivity (Wildman–Crippen MR) is 87.7 cm³/mol. The lowest BCUT2D eigenvalue weighted by Gasteiger charge is -2.49. The van der Waals surface area contributed by atoms with E-state index in [1.54, 1.807) is 4.90 Å². The van der Waals surface area contributed by atoms with Crippen LogP contribution in [0.3, 0.4) is 0 Å². The lowest BCUT2D eigenvalue weighted by atomic mass is 9.75. The summed E-state index contributed by atoms with van der Waals surface area (Å²) in [6.07, 6.45) is 4.28. The Morgan fingerprint density at radius 3 is 2.74 bits per heavy atom. The van der Waals surface area contributed by atoms with Crippen LogP contribution in [0, 0.1) is 11.8 Å². The summed E-state index contributed by atoms with van der Waals surface area (Å²) < 4.78 is 1.97. The van der Waals surface area contributed by atoms with Gasteiger partial charge in [-0.15, -0.1) is 5.10 Å².